The number of rotatable bonds is 11. The van der Waals surface area contributed by atoms with Gasteiger partial charge in [-0.05, 0) is 110 Å². The second-order valence-corrected chi connectivity index (χ2v) is 10.2. The molecule has 1 aromatic rings. The number of fused-ring (bicyclic) bond motifs is 1. The molecule has 0 amide bonds. The maximum atomic E-state index is 9.92. The largest absolute Gasteiger partial charge is 0.508 e. The van der Waals surface area contributed by atoms with Crippen LogP contribution in [0.5, 0.6) is 11.5 Å². The number of hydrogen-bond acceptors (Lipinski definition) is 4. The molecule has 3 N–H and O–H groups in total. The molecule has 4 heteroatoms. The van der Waals surface area contributed by atoms with Gasteiger partial charge in [0.2, 0.25) is 0 Å². The molecule has 0 saturated carbocycles. The van der Waals surface area contributed by atoms with E-state index in [2.05, 4.69) is 45.1 Å². The standard InChI is InChI=1S/C28H42O4/c1-20(12-8-14-25(30)27(4,5)31)10-7-11-21(2)13-9-16-28(6)17-15-23-19-24(29)18-22(3)26(23)32-28/h10,13,15,17-19,25,29-31H,7-9,11-12,14,16H2,1-6H3/b20-10+,21-13+/t25-,28?/m1/s1. The van der Waals surface area contributed by atoms with E-state index >= 15 is 0 Å². The molecule has 1 unspecified atom stereocenters. The molecule has 178 valence electrons. The summed E-state index contributed by atoms with van der Waals surface area (Å²) in [5.74, 6) is 1.14. The summed E-state index contributed by atoms with van der Waals surface area (Å²) in [7, 11) is 0. The van der Waals surface area contributed by atoms with Crippen molar-refractivity contribution in [1.82, 2.24) is 0 Å². The van der Waals surface area contributed by atoms with Gasteiger partial charge < -0.3 is 20.1 Å². The summed E-state index contributed by atoms with van der Waals surface area (Å²) in [4.78, 5) is 0. The molecule has 0 saturated heterocycles. The first-order chi connectivity index (χ1) is 14.9. The van der Waals surface area contributed by atoms with E-state index in [4.69, 9.17) is 4.74 Å². The van der Waals surface area contributed by atoms with Gasteiger partial charge in [-0.2, -0.15) is 0 Å². The van der Waals surface area contributed by atoms with E-state index in [0.717, 1.165) is 55.4 Å². The van der Waals surface area contributed by atoms with Crippen molar-refractivity contribution in [3.8, 4) is 11.5 Å². The van der Waals surface area contributed by atoms with Crippen molar-refractivity contribution in [1.29, 1.82) is 0 Å². The third-order valence-electron chi connectivity index (χ3n) is 6.27. The van der Waals surface area contributed by atoms with Crippen molar-refractivity contribution in [3.05, 3.63) is 52.6 Å². The minimum Gasteiger partial charge on any atom is -0.508 e. The van der Waals surface area contributed by atoms with Crippen molar-refractivity contribution in [3.63, 3.8) is 0 Å². The van der Waals surface area contributed by atoms with E-state index in [9.17, 15) is 15.3 Å². The van der Waals surface area contributed by atoms with Gasteiger partial charge in [-0.3, -0.25) is 0 Å². The molecule has 2 rings (SSSR count). The average molecular weight is 443 g/mol. The molecule has 4 nitrogen and oxygen atoms in total. The van der Waals surface area contributed by atoms with Crippen LogP contribution < -0.4 is 4.74 Å². The lowest BCUT2D eigenvalue weighted by molar-refractivity contribution is -0.0519. The first-order valence-corrected chi connectivity index (χ1v) is 11.8. The first kappa shape index (κ1) is 26.2. The highest BCUT2D eigenvalue weighted by Crippen LogP contribution is 2.38. The fourth-order valence-electron chi connectivity index (χ4n) is 4.00. The van der Waals surface area contributed by atoms with E-state index in [1.165, 1.54) is 11.1 Å². The predicted octanol–water partition coefficient (Wildman–Crippen LogP) is 6.62. The molecule has 0 radical (unpaired) electrons. The van der Waals surface area contributed by atoms with Gasteiger partial charge in [0.1, 0.15) is 17.1 Å². The number of allylic oxidation sites excluding steroid dienone is 4. The number of benzene rings is 1. The minimum atomic E-state index is -1.03. The molecule has 0 bridgehead atoms. The smallest absolute Gasteiger partial charge is 0.131 e. The average Bonchev–Trinajstić information content (AvgIpc) is 2.68. The summed E-state index contributed by atoms with van der Waals surface area (Å²) in [6.45, 7) is 11.7. The van der Waals surface area contributed by atoms with E-state index in [0.29, 0.717) is 6.42 Å². The minimum absolute atomic E-state index is 0.271. The number of aliphatic hydroxyl groups is 2. The van der Waals surface area contributed by atoms with Crippen LogP contribution in [-0.2, 0) is 0 Å². The highest BCUT2D eigenvalue weighted by atomic mass is 16.5. The lowest BCUT2D eigenvalue weighted by Gasteiger charge is -2.32. The Labute approximate surface area is 194 Å². The van der Waals surface area contributed by atoms with Crippen LogP contribution in [0.4, 0.5) is 0 Å². The number of aryl methyl sites for hydroxylation is 1. The highest BCUT2D eigenvalue weighted by molar-refractivity contribution is 5.65. The van der Waals surface area contributed by atoms with Crippen molar-refractivity contribution in [2.45, 2.75) is 104 Å². The molecule has 0 aromatic heterocycles. The monoisotopic (exact) mass is 442 g/mol. The number of ether oxygens (including phenoxy) is 1. The molecule has 0 fully saturated rings. The second kappa shape index (κ2) is 11.2. The Kier molecular flexibility index (Phi) is 9.18. The van der Waals surface area contributed by atoms with Crippen LogP contribution in [0.3, 0.4) is 0 Å². The summed E-state index contributed by atoms with van der Waals surface area (Å²) < 4.78 is 6.30. The molecule has 2 atom stereocenters. The molecule has 1 aromatic carbocycles. The fourth-order valence-corrected chi connectivity index (χ4v) is 4.00. The number of phenols is 1. The lowest BCUT2D eigenvalue weighted by atomic mass is 9.93. The van der Waals surface area contributed by atoms with Crippen molar-refractivity contribution >= 4 is 6.08 Å². The fraction of sp³-hybridized carbons (Fsp3) is 0.571. The summed E-state index contributed by atoms with van der Waals surface area (Å²) in [5, 5.41) is 29.5. The SMILES string of the molecule is C/C(=C\CCC1(C)C=Cc2cc(O)cc(C)c2O1)CC/C=C(\C)CCC[C@@H](O)C(C)(C)O. The Balaban J connectivity index is 1.75. The third-order valence-corrected chi connectivity index (χ3v) is 6.27. The molecule has 1 heterocycles. The van der Waals surface area contributed by atoms with Crippen LogP contribution in [0.15, 0.2) is 41.5 Å². The van der Waals surface area contributed by atoms with Crippen LogP contribution >= 0.6 is 0 Å². The maximum Gasteiger partial charge on any atom is 0.131 e. The molecular formula is C28H42O4. The second-order valence-electron chi connectivity index (χ2n) is 10.2. The van der Waals surface area contributed by atoms with E-state index < -0.39 is 11.7 Å². The predicted molar refractivity (Wildman–Crippen MR) is 133 cm³/mol. The summed E-state index contributed by atoms with van der Waals surface area (Å²) >= 11 is 0. The summed E-state index contributed by atoms with van der Waals surface area (Å²) in [6, 6.07) is 3.49. The Bertz CT molecular complexity index is 857. The quantitative estimate of drug-likeness (QED) is 0.337. The number of phenolic OH excluding ortho intramolecular Hbond substituents is 1. The van der Waals surface area contributed by atoms with Crippen LogP contribution in [0, 0.1) is 6.92 Å². The number of aliphatic hydroxyl groups excluding tert-OH is 1. The Hall–Kier alpha value is -2.04. The molecule has 32 heavy (non-hydrogen) atoms. The van der Waals surface area contributed by atoms with Gasteiger partial charge in [-0.1, -0.05) is 29.4 Å². The Morgan fingerprint density at radius 3 is 2.47 bits per heavy atom. The molecule has 1 aliphatic heterocycles. The normalized spacial score (nSPS) is 20.1. The van der Waals surface area contributed by atoms with E-state index in [1.807, 2.05) is 6.92 Å². The van der Waals surface area contributed by atoms with Gasteiger partial charge in [0.25, 0.3) is 0 Å². The maximum absolute atomic E-state index is 9.92. The van der Waals surface area contributed by atoms with Crippen molar-refractivity contribution in [2.75, 3.05) is 0 Å². The Morgan fingerprint density at radius 1 is 1.12 bits per heavy atom. The van der Waals surface area contributed by atoms with E-state index in [1.54, 1.807) is 26.0 Å². The molecule has 0 spiro atoms. The summed E-state index contributed by atoms with van der Waals surface area (Å²) in [6.07, 6.45) is 14.5. The van der Waals surface area contributed by atoms with Gasteiger partial charge in [-0.15, -0.1) is 0 Å². The zero-order valence-corrected chi connectivity index (χ0v) is 20.7. The van der Waals surface area contributed by atoms with Gasteiger partial charge in [0.05, 0.1) is 11.7 Å². The molecule has 1 aliphatic rings. The van der Waals surface area contributed by atoms with Gasteiger partial charge >= 0.3 is 0 Å². The van der Waals surface area contributed by atoms with Gasteiger partial charge in [0, 0.05) is 5.56 Å². The topological polar surface area (TPSA) is 69.9 Å². The van der Waals surface area contributed by atoms with Crippen LogP contribution in [0.1, 0.15) is 90.7 Å². The highest BCUT2D eigenvalue weighted by Gasteiger charge is 2.28. The van der Waals surface area contributed by atoms with Crippen molar-refractivity contribution < 1.29 is 20.1 Å². The zero-order valence-electron chi connectivity index (χ0n) is 20.7. The number of hydrogen-bond donors (Lipinski definition) is 3. The molecular weight excluding hydrogens is 400 g/mol. The Morgan fingerprint density at radius 2 is 1.78 bits per heavy atom. The summed E-state index contributed by atoms with van der Waals surface area (Å²) in [5.41, 5.74) is 3.25. The molecule has 0 aliphatic carbocycles. The van der Waals surface area contributed by atoms with Crippen molar-refractivity contribution in [2.24, 2.45) is 0 Å². The van der Waals surface area contributed by atoms with Gasteiger partial charge in [-0.25, -0.2) is 0 Å². The first-order valence-electron chi connectivity index (χ1n) is 11.8. The zero-order chi connectivity index (χ0) is 23.9. The number of aromatic hydroxyl groups is 1. The lowest BCUT2D eigenvalue weighted by Crippen LogP contribution is -2.35. The van der Waals surface area contributed by atoms with E-state index in [-0.39, 0.29) is 11.4 Å². The van der Waals surface area contributed by atoms with Crippen LogP contribution in [0.25, 0.3) is 6.08 Å². The van der Waals surface area contributed by atoms with Crippen LogP contribution in [-0.4, -0.2) is 32.6 Å². The van der Waals surface area contributed by atoms with Crippen LogP contribution in [0.2, 0.25) is 0 Å². The third kappa shape index (κ3) is 8.14. The van der Waals surface area contributed by atoms with Gasteiger partial charge in [0.15, 0.2) is 0 Å².